The molecule has 7 heteroatoms. The Balaban J connectivity index is 2.35. The maximum Gasteiger partial charge on any atom is 0.192 e. The van der Waals surface area contributed by atoms with Crippen molar-refractivity contribution in [3.8, 4) is 11.4 Å². The van der Waals surface area contributed by atoms with Crippen LogP contribution < -0.4 is 5.43 Å². The molecule has 0 radical (unpaired) electrons. The van der Waals surface area contributed by atoms with Crippen LogP contribution in [0.2, 0.25) is 5.15 Å². The van der Waals surface area contributed by atoms with Crippen LogP contribution in [-0.4, -0.2) is 24.6 Å². The van der Waals surface area contributed by atoms with Gasteiger partial charge in [0.25, 0.3) is 0 Å². The summed E-state index contributed by atoms with van der Waals surface area (Å²) in [6.07, 6.45) is 1.63. The molecule has 0 amide bonds. The van der Waals surface area contributed by atoms with Crippen molar-refractivity contribution in [1.29, 1.82) is 0 Å². The minimum Gasteiger partial charge on any atom is -0.364 e. The molecule has 0 unspecified atom stereocenters. The summed E-state index contributed by atoms with van der Waals surface area (Å²) in [5.74, 6) is 1.08. The van der Waals surface area contributed by atoms with Crippen LogP contribution in [0.4, 0.5) is 0 Å². The molecule has 0 saturated heterocycles. The van der Waals surface area contributed by atoms with Gasteiger partial charge in [-0.3, -0.25) is 9.20 Å². The summed E-state index contributed by atoms with van der Waals surface area (Å²) in [7, 11) is 0. The first-order valence-corrected chi connectivity index (χ1v) is 6.02. The number of aromatic nitrogens is 5. The first-order valence-electron chi connectivity index (χ1n) is 5.64. The third-order valence-electron chi connectivity index (χ3n) is 2.83. The highest BCUT2D eigenvalue weighted by Crippen LogP contribution is 2.18. The van der Waals surface area contributed by atoms with Gasteiger partial charge in [-0.15, -0.1) is 10.2 Å². The Bertz CT molecular complexity index is 836. The summed E-state index contributed by atoms with van der Waals surface area (Å²) in [6.45, 7) is 3.60. The number of halogens is 1. The number of H-pyrrole nitrogens is 1. The minimum atomic E-state index is -0.111. The van der Waals surface area contributed by atoms with E-state index in [1.807, 2.05) is 6.92 Å². The summed E-state index contributed by atoms with van der Waals surface area (Å²) in [6, 6.07) is 3.13. The fourth-order valence-electron chi connectivity index (χ4n) is 1.97. The van der Waals surface area contributed by atoms with E-state index in [0.29, 0.717) is 28.0 Å². The maximum atomic E-state index is 12.0. The molecule has 1 N–H and O–H groups in total. The van der Waals surface area contributed by atoms with Gasteiger partial charge in [-0.1, -0.05) is 11.6 Å². The number of aromatic amines is 1. The minimum absolute atomic E-state index is 0.111. The Hall–Kier alpha value is -2.21. The van der Waals surface area contributed by atoms with E-state index in [0.717, 1.165) is 5.69 Å². The van der Waals surface area contributed by atoms with Crippen LogP contribution in [-0.2, 0) is 0 Å². The Morgan fingerprint density at radius 3 is 2.79 bits per heavy atom. The predicted molar refractivity (Wildman–Crippen MR) is 71.3 cm³/mol. The van der Waals surface area contributed by atoms with E-state index in [2.05, 4.69) is 20.2 Å². The second kappa shape index (κ2) is 4.17. The lowest BCUT2D eigenvalue weighted by Crippen LogP contribution is -2.08. The molecule has 3 aromatic heterocycles. The number of fused-ring (bicyclic) bond motifs is 1. The molecule has 0 aliphatic heterocycles. The van der Waals surface area contributed by atoms with Crippen LogP contribution >= 0.6 is 11.6 Å². The van der Waals surface area contributed by atoms with Crippen molar-refractivity contribution < 1.29 is 0 Å². The van der Waals surface area contributed by atoms with Crippen molar-refractivity contribution in [2.24, 2.45) is 0 Å². The maximum absolute atomic E-state index is 12.0. The van der Waals surface area contributed by atoms with Crippen molar-refractivity contribution in [3.63, 3.8) is 0 Å². The van der Waals surface area contributed by atoms with Gasteiger partial charge in [0.15, 0.2) is 16.9 Å². The Labute approximate surface area is 113 Å². The van der Waals surface area contributed by atoms with Crippen LogP contribution in [0.3, 0.4) is 0 Å². The van der Waals surface area contributed by atoms with Gasteiger partial charge in [0.05, 0.1) is 5.56 Å². The Kier molecular flexibility index (Phi) is 2.60. The SMILES string of the molecule is Cc1cc(=O)c(-c2nnc3cc(Cl)nc(C)n23)c[nH]1. The highest BCUT2D eigenvalue weighted by Gasteiger charge is 2.14. The summed E-state index contributed by atoms with van der Waals surface area (Å²) in [4.78, 5) is 19.2. The molecule has 0 spiro atoms. The van der Waals surface area contributed by atoms with Crippen LogP contribution in [0.25, 0.3) is 17.0 Å². The van der Waals surface area contributed by atoms with E-state index < -0.39 is 0 Å². The highest BCUT2D eigenvalue weighted by molar-refractivity contribution is 6.29. The van der Waals surface area contributed by atoms with Crippen molar-refractivity contribution in [1.82, 2.24) is 24.6 Å². The topological polar surface area (TPSA) is 75.9 Å². The van der Waals surface area contributed by atoms with Crippen molar-refractivity contribution in [2.75, 3.05) is 0 Å². The third kappa shape index (κ3) is 1.90. The lowest BCUT2D eigenvalue weighted by atomic mass is 10.2. The molecule has 0 atom stereocenters. The number of hydrogen-bond donors (Lipinski definition) is 1. The van der Waals surface area contributed by atoms with Crippen molar-refractivity contribution in [3.05, 3.63) is 45.2 Å². The zero-order chi connectivity index (χ0) is 13.6. The molecule has 19 heavy (non-hydrogen) atoms. The highest BCUT2D eigenvalue weighted by atomic mass is 35.5. The second-order valence-electron chi connectivity index (χ2n) is 4.24. The molecule has 0 fully saturated rings. The molecule has 0 aliphatic carbocycles. The summed E-state index contributed by atoms with van der Waals surface area (Å²) in [5, 5.41) is 8.42. The number of nitrogens with one attached hydrogen (secondary N) is 1. The van der Waals surface area contributed by atoms with E-state index in [1.54, 1.807) is 23.6 Å². The molecule has 3 rings (SSSR count). The van der Waals surface area contributed by atoms with Crippen LogP contribution in [0.5, 0.6) is 0 Å². The van der Waals surface area contributed by atoms with E-state index in [4.69, 9.17) is 11.6 Å². The molecule has 0 saturated carbocycles. The zero-order valence-electron chi connectivity index (χ0n) is 10.3. The van der Waals surface area contributed by atoms with Crippen LogP contribution in [0.1, 0.15) is 11.5 Å². The number of aryl methyl sites for hydroxylation is 2. The molecule has 96 valence electrons. The van der Waals surface area contributed by atoms with Gasteiger partial charge >= 0.3 is 0 Å². The van der Waals surface area contributed by atoms with E-state index in [-0.39, 0.29) is 5.43 Å². The first-order chi connectivity index (χ1) is 9.06. The lowest BCUT2D eigenvalue weighted by molar-refractivity contribution is 0.984. The fraction of sp³-hybridized carbons (Fsp3) is 0.167. The molecule has 6 nitrogen and oxygen atoms in total. The average molecular weight is 276 g/mol. The molecular formula is C12H10ClN5O. The zero-order valence-corrected chi connectivity index (χ0v) is 11.1. The second-order valence-corrected chi connectivity index (χ2v) is 4.62. The molecular weight excluding hydrogens is 266 g/mol. The molecule has 3 aromatic rings. The van der Waals surface area contributed by atoms with Gasteiger partial charge in [0, 0.05) is 24.0 Å². The van der Waals surface area contributed by atoms with Gasteiger partial charge in [0.2, 0.25) is 0 Å². The van der Waals surface area contributed by atoms with Crippen LogP contribution in [0, 0.1) is 13.8 Å². The molecule has 3 heterocycles. The lowest BCUT2D eigenvalue weighted by Gasteiger charge is -2.03. The van der Waals surface area contributed by atoms with Gasteiger partial charge < -0.3 is 4.98 Å². The van der Waals surface area contributed by atoms with E-state index >= 15 is 0 Å². The third-order valence-corrected chi connectivity index (χ3v) is 3.02. The van der Waals surface area contributed by atoms with Gasteiger partial charge in [-0.05, 0) is 13.8 Å². The number of hydrogen-bond acceptors (Lipinski definition) is 4. The Morgan fingerprint density at radius 2 is 2.05 bits per heavy atom. The quantitative estimate of drug-likeness (QED) is 0.687. The van der Waals surface area contributed by atoms with Crippen LogP contribution in [0.15, 0.2) is 23.1 Å². The van der Waals surface area contributed by atoms with E-state index in [9.17, 15) is 4.79 Å². The standard InChI is InChI=1S/C12H10ClN5O/c1-6-3-9(19)8(5-14-6)12-17-16-11-4-10(13)15-7(2)18(11)12/h3-5H,1-2H3,(H,14,19). The number of pyridine rings is 1. The normalized spacial score (nSPS) is 11.1. The summed E-state index contributed by atoms with van der Waals surface area (Å²) < 4.78 is 1.70. The average Bonchev–Trinajstić information content (AvgIpc) is 2.72. The smallest absolute Gasteiger partial charge is 0.192 e. The first kappa shape index (κ1) is 11.9. The Morgan fingerprint density at radius 1 is 1.26 bits per heavy atom. The van der Waals surface area contributed by atoms with Crippen molar-refractivity contribution in [2.45, 2.75) is 13.8 Å². The van der Waals surface area contributed by atoms with Crippen molar-refractivity contribution >= 4 is 17.2 Å². The van der Waals surface area contributed by atoms with Gasteiger partial charge in [0.1, 0.15) is 11.0 Å². The van der Waals surface area contributed by atoms with Gasteiger partial charge in [-0.2, -0.15) is 0 Å². The fourth-order valence-corrected chi connectivity index (χ4v) is 2.19. The largest absolute Gasteiger partial charge is 0.364 e. The molecule has 0 aliphatic rings. The van der Waals surface area contributed by atoms with Gasteiger partial charge in [-0.25, -0.2) is 4.98 Å². The number of nitrogens with zero attached hydrogens (tertiary/aromatic N) is 4. The molecule has 0 aromatic carbocycles. The summed E-state index contributed by atoms with van der Waals surface area (Å²) >= 11 is 5.87. The number of rotatable bonds is 1. The van der Waals surface area contributed by atoms with E-state index in [1.165, 1.54) is 6.07 Å². The summed E-state index contributed by atoms with van der Waals surface area (Å²) in [5.41, 5.74) is 1.69. The monoisotopic (exact) mass is 275 g/mol. The predicted octanol–water partition coefficient (Wildman–Crippen LogP) is 1.75. The molecule has 0 bridgehead atoms.